The summed E-state index contributed by atoms with van der Waals surface area (Å²) in [5, 5.41) is 0. The number of nitrogens with zero attached hydrogens (tertiary/aromatic N) is 1. The van der Waals surface area contributed by atoms with Gasteiger partial charge < -0.3 is 4.90 Å². The molecule has 3 heteroatoms. The lowest BCUT2D eigenvalue weighted by molar-refractivity contribution is 0.101. The van der Waals surface area contributed by atoms with E-state index in [1.54, 1.807) is 6.92 Å². The van der Waals surface area contributed by atoms with Crippen LogP contribution in [0.5, 0.6) is 0 Å². The van der Waals surface area contributed by atoms with Crippen molar-refractivity contribution in [1.29, 1.82) is 0 Å². The molecule has 1 fully saturated rings. The Labute approximate surface area is 130 Å². The van der Waals surface area contributed by atoms with Gasteiger partial charge in [-0.3, -0.25) is 4.79 Å². The number of ketones is 1. The first-order chi connectivity index (χ1) is 9.49. The van der Waals surface area contributed by atoms with E-state index in [2.05, 4.69) is 40.7 Å². The number of rotatable bonds is 5. The molecule has 0 N–H and O–H groups in total. The predicted octanol–water partition coefficient (Wildman–Crippen LogP) is 5.06. The van der Waals surface area contributed by atoms with Gasteiger partial charge in [-0.05, 0) is 43.9 Å². The van der Waals surface area contributed by atoms with Crippen LogP contribution in [0.4, 0.5) is 5.69 Å². The fourth-order valence-electron chi connectivity index (χ4n) is 3.09. The number of carbonyl (C=O) groups is 1. The van der Waals surface area contributed by atoms with Crippen molar-refractivity contribution in [2.24, 2.45) is 5.92 Å². The maximum Gasteiger partial charge on any atom is 0.161 e. The Morgan fingerprint density at radius 3 is 2.55 bits per heavy atom. The number of halogens is 1. The van der Waals surface area contributed by atoms with Crippen LogP contribution in [0.1, 0.15) is 56.8 Å². The lowest BCUT2D eigenvalue weighted by atomic mass is 10.0. The zero-order valence-electron chi connectivity index (χ0n) is 12.7. The molecule has 2 rings (SSSR count). The van der Waals surface area contributed by atoms with Crippen LogP contribution in [0, 0.1) is 5.92 Å². The van der Waals surface area contributed by atoms with Gasteiger partial charge in [0.1, 0.15) is 0 Å². The van der Waals surface area contributed by atoms with Crippen LogP contribution in [-0.4, -0.2) is 18.4 Å². The first kappa shape index (κ1) is 15.6. The van der Waals surface area contributed by atoms with Gasteiger partial charge in [0.25, 0.3) is 0 Å². The summed E-state index contributed by atoms with van der Waals surface area (Å²) in [5.74, 6) is 0.744. The van der Waals surface area contributed by atoms with Crippen molar-refractivity contribution in [3.8, 4) is 0 Å². The molecule has 2 nitrogen and oxygen atoms in total. The summed E-state index contributed by atoms with van der Waals surface area (Å²) in [7, 11) is 0. The van der Waals surface area contributed by atoms with E-state index in [9.17, 15) is 4.79 Å². The summed E-state index contributed by atoms with van der Waals surface area (Å²) >= 11 is 3.55. The van der Waals surface area contributed by atoms with Crippen LogP contribution < -0.4 is 4.90 Å². The van der Waals surface area contributed by atoms with Crippen molar-refractivity contribution in [3.05, 3.63) is 28.2 Å². The number of anilines is 1. The van der Waals surface area contributed by atoms with Crippen molar-refractivity contribution in [2.75, 3.05) is 11.4 Å². The third-order valence-corrected chi connectivity index (χ3v) is 4.47. The van der Waals surface area contributed by atoms with E-state index in [1.807, 2.05) is 12.1 Å². The molecule has 0 heterocycles. The average Bonchev–Trinajstić information content (AvgIpc) is 2.88. The number of hydrogen-bond donors (Lipinski definition) is 0. The first-order valence-electron chi connectivity index (χ1n) is 7.56. The van der Waals surface area contributed by atoms with E-state index < -0.39 is 0 Å². The lowest BCUT2D eigenvalue weighted by Gasteiger charge is -2.34. The molecule has 0 amide bonds. The fourth-order valence-corrected chi connectivity index (χ4v) is 3.44. The molecule has 1 saturated carbocycles. The molecule has 1 aliphatic carbocycles. The third kappa shape index (κ3) is 3.63. The summed E-state index contributed by atoms with van der Waals surface area (Å²) in [6.45, 7) is 7.16. The summed E-state index contributed by atoms with van der Waals surface area (Å²) in [4.78, 5) is 14.4. The summed E-state index contributed by atoms with van der Waals surface area (Å²) in [6.07, 6.45) is 5.11. The van der Waals surface area contributed by atoms with Crippen LogP contribution in [0.25, 0.3) is 0 Å². The highest BCUT2D eigenvalue weighted by Crippen LogP contribution is 2.33. The maximum absolute atomic E-state index is 11.9. The molecular weight excluding hydrogens is 314 g/mol. The number of Topliss-reactive ketones (excluding diaryl/α,β-unsaturated/α-hetero) is 1. The van der Waals surface area contributed by atoms with Gasteiger partial charge >= 0.3 is 0 Å². The van der Waals surface area contributed by atoms with Crippen LogP contribution in [0.15, 0.2) is 22.7 Å². The van der Waals surface area contributed by atoms with Gasteiger partial charge in [-0.25, -0.2) is 0 Å². The van der Waals surface area contributed by atoms with Gasteiger partial charge in [-0.15, -0.1) is 0 Å². The molecule has 110 valence electrons. The highest BCUT2D eigenvalue weighted by molar-refractivity contribution is 9.10. The molecule has 1 aliphatic rings. The maximum atomic E-state index is 11.9. The quantitative estimate of drug-likeness (QED) is 0.700. The van der Waals surface area contributed by atoms with Crippen molar-refractivity contribution >= 4 is 27.4 Å². The molecular formula is C17H24BrNO. The number of carbonyl (C=O) groups excluding carboxylic acids is 1. The van der Waals surface area contributed by atoms with E-state index in [-0.39, 0.29) is 5.78 Å². The van der Waals surface area contributed by atoms with Crippen LogP contribution >= 0.6 is 15.9 Å². The zero-order valence-corrected chi connectivity index (χ0v) is 14.2. The SMILES string of the molecule is CC(=O)c1ccc(Br)cc1N(CC(C)C)C1CCCC1. The molecule has 0 unspecified atom stereocenters. The summed E-state index contributed by atoms with van der Waals surface area (Å²) in [6, 6.07) is 6.61. The Bertz CT molecular complexity index is 478. The Kier molecular flexibility index (Phi) is 5.25. The molecule has 0 bridgehead atoms. The van der Waals surface area contributed by atoms with Gasteiger partial charge in [0.2, 0.25) is 0 Å². The van der Waals surface area contributed by atoms with E-state index in [1.165, 1.54) is 25.7 Å². The molecule has 0 aliphatic heterocycles. The topological polar surface area (TPSA) is 20.3 Å². The minimum Gasteiger partial charge on any atom is -0.368 e. The average molecular weight is 338 g/mol. The molecule has 20 heavy (non-hydrogen) atoms. The van der Waals surface area contributed by atoms with Crippen LogP contribution in [0.2, 0.25) is 0 Å². The Morgan fingerprint density at radius 2 is 2.00 bits per heavy atom. The number of hydrogen-bond acceptors (Lipinski definition) is 2. The molecule has 0 saturated heterocycles. The van der Waals surface area contributed by atoms with Gasteiger partial charge in [-0.1, -0.05) is 42.6 Å². The van der Waals surface area contributed by atoms with Crippen LogP contribution in [0.3, 0.4) is 0 Å². The molecule has 0 radical (unpaired) electrons. The predicted molar refractivity (Wildman–Crippen MR) is 88.6 cm³/mol. The Morgan fingerprint density at radius 1 is 1.35 bits per heavy atom. The number of benzene rings is 1. The van der Waals surface area contributed by atoms with Crippen molar-refractivity contribution < 1.29 is 4.79 Å². The van der Waals surface area contributed by atoms with E-state index >= 15 is 0 Å². The lowest BCUT2D eigenvalue weighted by Crippen LogP contribution is -2.37. The van der Waals surface area contributed by atoms with Gasteiger partial charge in [-0.2, -0.15) is 0 Å². The second kappa shape index (κ2) is 6.75. The van der Waals surface area contributed by atoms with Crippen molar-refractivity contribution in [2.45, 2.75) is 52.5 Å². The Balaban J connectivity index is 2.40. The van der Waals surface area contributed by atoms with Crippen LogP contribution in [-0.2, 0) is 0 Å². The highest BCUT2D eigenvalue weighted by atomic mass is 79.9. The monoisotopic (exact) mass is 337 g/mol. The normalized spacial score (nSPS) is 15.8. The van der Waals surface area contributed by atoms with Gasteiger partial charge in [0, 0.05) is 28.3 Å². The first-order valence-corrected chi connectivity index (χ1v) is 8.35. The molecule has 0 spiro atoms. The van der Waals surface area contributed by atoms with E-state index in [0.29, 0.717) is 12.0 Å². The third-order valence-electron chi connectivity index (χ3n) is 3.98. The molecule has 0 atom stereocenters. The molecule has 1 aromatic carbocycles. The minimum atomic E-state index is 0.152. The van der Waals surface area contributed by atoms with E-state index in [4.69, 9.17) is 0 Å². The second-order valence-corrected chi connectivity index (χ2v) is 7.12. The fraction of sp³-hybridized carbons (Fsp3) is 0.588. The largest absolute Gasteiger partial charge is 0.368 e. The summed E-state index contributed by atoms with van der Waals surface area (Å²) in [5.41, 5.74) is 1.95. The van der Waals surface area contributed by atoms with Gasteiger partial charge in [0.05, 0.1) is 0 Å². The van der Waals surface area contributed by atoms with Crippen molar-refractivity contribution in [1.82, 2.24) is 0 Å². The summed E-state index contributed by atoms with van der Waals surface area (Å²) < 4.78 is 1.05. The minimum absolute atomic E-state index is 0.152. The van der Waals surface area contributed by atoms with Gasteiger partial charge in [0.15, 0.2) is 5.78 Å². The highest BCUT2D eigenvalue weighted by Gasteiger charge is 2.26. The molecule has 1 aromatic rings. The standard InChI is InChI=1S/C17H24BrNO/c1-12(2)11-19(15-6-4-5-7-15)17-10-14(18)8-9-16(17)13(3)20/h8-10,12,15H,4-7,11H2,1-3H3. The Hall–Kier alpha value is -0.830. The molecule has 0 aromatic heterocycles. The van der Waals surface area contributed by atoms with Crippen molar-refractivity contribution in [3.63, 3.8) is 0 Å². The second-order valence-electron chi connectivity index (χ2n) is 6.20. The zero-order chi connectivity index (χ0) is 14.7. The van der Waals surface area contributed by atoms with E-state index in [0.717, 1.165) is 22.3 Å². The smallest absolute Gasteiger partial charge is 0.161 e.